The highest BCUT2D eigenvalue weighted by Gasteiger charge is 2.14. The summed E-state index contributed by atoms with van der Waals surface area (Å²) in [5.74, 6) is -2.02. The standard InChI is InChI=1S/C14H16F2N2O2/c1-8(17-3-2-4-19)11-7-18-14(20)10-6-13(16)12(15)5-9(10)11/h5-8,17,19H,2-4H2,1H3,(H,18,20). The van der Waals surface area contributed by atoms with Crippen molar-refractivity contribution >= 4 is 10.8 Å². The zero-order valence-corrected chi connectivity index (χ0v) is 11.0. The van der Waals surface area contributed by atoms with Crippen LogP contribution < -0.4 is 10.9 Å². The van der Waals surface area contributed by atoms with Gasteiger partial charge in [-0.25, -0.2) is 8.78 Å². The maximum Gasteiger partial charge on any atom is 0.255 e. The number of hydrogen-bond donors (Lipinski definition) is 3. The number of aliphatic hydroxyl groups is 1. The van der Waals surface area contributed by atoms with Crippen LogP contribution in [0.5, 0.6) is 0 Å². The van der Waals surface area contributed by atoms with Gasteiger partial charge >= 0.3 is 0 Å². The van der Waals surface area contributed by atoms with Crippen molar-refractivity contribution in [2.45, 2.75) is 19.4 Å². The van der Waals surface area contributed by atoms with E-state index in [-0.39, 0.29) is 18.0 Å². The predicted molar refractivity (Wildman–Crippen MR) is 72.6 cm³/mol. The maximum atomic E-state index is 13.4. The second-order valence-electron chi connectivity index (χ2n) is 4.64. The van der Waals surface area contributed by atoms with Gasteiger partial charge in [0.05, 0.1) is 5.39 Å². The van der Waals surface area contributed by atoms with Crippen LogP contribution in [0.1, 0.15) is 24.9 Å². The van der Waals surface area contributed by atoms with Gasteiger partial charge in [0, 0.05) is 18.8 Å². The lowest BCUT2D eigenvalue weighted by molar-refractivity contribution is 0.284. The molecule has 0 bridgehead atoms. The molecule has 3 N–H and O–H groups in total. The molecule has 0 saturated heterocycles. The van der Waals surface area contributed by atoms with Gasteiger partial charge < -0.3 is 15.4 Å². The first kappa shape index (κ1) is 14.6. The van der Waals surface area contributed by atoms with Crippen molar-refractivity contribution in [1.82, 2.24) is 10.3 Å². The van der Waals surface area contributed by atoms with E-state index in [1.54, 1.807) is 0 Å². The molecular formula is C14H16F2N2O2. The molecule has 108 valence electrons. The first-order valence-corrected chi connectivity index (χ1v) is 6.39. The van der Waals surface area contributed by atoms with Gasteiger partial charge in [-0.05, 0) is 43.0 Å². The van der Waals surface area contributed by atoms with E-state index in [0.717, 1.165) is 12.1 Å². The summed E-state index contributed by atoms with van der Waals surface area (Å²) in [4.78, 5) is 14.2. The Labute approximate surface area is 114 Å². The van der Waals surface area contributed by atoms with Crippen molar-refractivity contribution in [2.75, 3.05) is 13.2 Å². The number of benzene rings is 1. The average molecular weight is 282 g/mol. The summed E-state index contributed by atoms with van der Waals surface area (Å²) < 4.78 is 26.6. The van der Waals surface area contributed by atoms with Gasteiger partial charge in [0.2, 0.25) is 0 Å². The molecule has 0 fully saturated rings. The normalized spacial score (nSPS) is 12.8. The Kier molecular flexibility index (Phi) is 4.46. The van der Waals surface area contributed by atoms with Crippen molar-refractivity contribution in [3.63, 3.8) is 0 Å². The van der Waals surface area contributed by atoms with Crippen LogP contribution in [0, 0.1) is 11.6 Å². The minimum Gasteiger partial charge on any atom is -0.396 e. The minimum absolute atomic E-state index is 0.0753. The fourth-order valence-electron chi connectivity index (χ4n) is 2.14. The molecule has 1 aromatic carbocycles. The average Bonchev–Trinajstić information content (AvgIpc) is 2.41. The summed E-state index contributed by atoms with van der Waals surface area (Å²) in [6.07, 6.45) is 2.09. The summed E-state index contributed by atoms with van der Waals surface area (Å²) in [5.41, 5.74) is 0.224. The van der Waals surface area contributed by atoms with Crippen LogP contribution in [-0.4, -0.2) is 23.2 Å². The summed E-state index contributed by atoms with van der Waals surface area (Å²) in [6.45, 7) is 2.51. The Hall–Kier alpha value is -1.79. The number of aliphatic hydroxyl groups excluding tert-OH is 1. The number of aromatic nitrogens is 1. The van der Waals surface area contributed by atoms with E-state index in [0.29, 0.717) is 23.9 Å². The van der Waals surface area contributed by atoms with E-state index in [2.05, 4.69) is 10.3 Å². The summed E-state index contributed by atoms with van der Waals surface area (Å²) in [7, 11) is 0. The molecule has 0 aliphatic rings. The molecule has 1 atom stereocenters. The molecule has 0 radical (unpaired) electrons. The highest BCUT2D eigenvalue weighted by molar-refractivity contribution is 5.85. The second-order valence-corrected chi connectivity index (χ2v) is 4.64. The summed E-state index contributed by atoms with van der Waals surface area (Å²) in [6, 6.07) is 1.79. The van der Waals surface area contributed by atoms with Gasteiger partial charge in [0.15, 0.2) is 11.6 Å². The van der Waals surface area contributed by atoms with Gasteiger partial charge in [0.25, 0.3) is 5.56 Å². The molecule has 6 heteroatoms. The highest BCUT2D eigenvalue weighted by Crippen LogP contribution is 2.23. The zero-order valence-electron chi connectivity index (χ0n) is 11.0. The van der Waals surface area contributed by atoms with Crippen LogP contribution in [0.4, 0.5) is 8.78 Å². The fourth-order valence-corrected chi connectivity index (χ4v) is 2.14. The van der Waals surface area contributed by atoms with Crippen LogP contribution in [0.25, 0.3) is 10.8 Å². The van der Waals surface area contributed by atoms with Crippen LogP contribution in [0.2, 0.25) is 0 Å². The number of aromatic amines is 1. The SMILES string of the molecule is CC(NCCCO)c1c[nH]c(=O)c2cc(F)c(F)cc12. The van der Waals surface area contributed by atoms with Crippen molar-refractivity contribution in [2.24, 2.45) is 0 Å². The lowest BCUT2D eigenvalue weighted by Crippen LogP contribution is -2.22. The van der Waals surface area contributed by atoms with Crippen LogP contribution in [-0.2, 0) is 0 Å². The van der Waals surface area contributed by atoms with Gasteiger partial charge in [0.1, 0.15) is 0 Å². The third kappa shape index (κ3) is 2.86. The second kappa shape index (κ2) is 6.11. The Morgan fingerprint density at radius 2 is 1.95 bits per heavy atom. The van der Waals surface area contributed by atoms with Crippen molar-refractivity contribution in [3.8, 4) is 0 Å². The first-order chi connectivity index (χ1) is 9.54. The van der Waals surface area contributed by atoms with E-state index in [9.17, 15) is 13.6 Å². The molecule has 0 aliphatic heterocycles. The zero-order chi connectivity index (χ0) is 14.7. The Morgan fingerprint density at radius 3 is 2.60 bits per heavy atom. The topological polar surface area (TPSA) is 65.1 Å². The molecule has 0 amide bonds. The molecule has 1 unspecified atom stereocenters. The molecule has 1 aromatic heterocycles. The Balaban J connectivity index is 2.46. The Bertz CT molecular complexity index is 670. The molecule has 2 rings (SSSR count). The Morgan fingerprint density at radius 1 is 1.30 bits per heavy atom. The van der Waals surface area contributed by atoms with Gasteiger partial charge in [-0.3, -0.25) is 4.79 Å². The number of pyridine rings is 1. The largest absolute Gasteiger partial charge is 0.396 e. The predicted octanol–water partition coefficient (Wildman–Crippen LogP) is 1.84. The van der Waals surface area contributed by atoms with Crippen molar-refractivity contribution < 1.29 is 13.9 Å². The third-order valence-electron chi connectivity index (χ3n) is 3.23. The quantitative estimate of drug-likeness (QED) is 0.733. The smallest absolute Gasteiger partial charge is 0.255 e. The molecule has 1 heterocycles. The third-order valence-corrected chi connectivity index (χ3v) is 3.23. The number of hydrogen-bond acceptors (Lipinski definition) is 3. The van der Waals surface area contributed by atoms with Crippen molar-refractivity contribution in [3.05, 3.63) is 45.9 Å². The van der Waals surface area contributed by atoms with E-state index >= 15 is 0 Å². The molecule has 4 nitrogen and oxygen atoms in total. The van der Waals surface area contributed by atoms with Crippen LogP contribution >= 0.6 is 0 Å². The van der Waals surface area contributed by atoms with Gasteiger partial charge in [-0.2, -0.15) is 0 Å². The van der Waals surface area contributed by atoms with Gasteiger partial charge in [-0.15, -0.1) is 0 Å². The minimum atomic E-state index is -1.04. The molecule has 0 saturated carbocycles. The molecule has 2 aromatic rings. The summed E-state index contributed by atoms with van der Waals surface area (Å²) >= 11 is 0. The number of nitrogens with one attached hydrogen (secondary N) is 2. The molecule has 20 heavy (non-hydrogen) atoms. The first-order valence-electron chi connectivity index (χ1n) is 6.39. The number of fused-ring (bicyclic) bond motifs is 1. The number of halogens is 2. The molecule has 0 aliphatic carbocycles. The van der Waals surface area contributed by atoms with E-state index in [4.69, 9.17) is 5.11 Å². The maximum absolute atomic E-state index is 13.4. The molecular weight excluding hydrogens is 266 g/mol. The summed E-state index contributed by atoms with van der Waals surface area (Å²) in [5, 5.41) is 12.4. The lowest BCUT2D eigenvalue weighted by Gasteiger charge is -2.16. The highest BCUT2D eigenvalue weighted by atomic mass is 19.2. The fraction of sp³-hybridized carbons (Fsp3) is 0.357. The van der Waals surface area contributed by atoms with E-state index < -0.39 is 17.2 Å². The number of H-pyrrole nitrogens is 1. The van der Waals surface area contributed by atoms with Crippen LogP contribution in [0.15, 0.2) is 23.1 Å². The van der Waals surface area contributed by atoms with E-state index in [1.165, 1.54) is 6.20 Å². The van der Waals surface area contributed by atoms with Crippen molar-refractivity contribution in [1.29, 1.82) is 0 Å². The number of rotatable bonds is 5. The molecule has 0 spiro atoms. The van der Waals surface area contributed by atoms with Crippen LogP contribution in [0.3, 0.4) is 0 Å². The lowest BCUT2D eigenvalue weighted by atomic mass is 10.0. The van der Waals surface area contributed by atoms with Gasteiger partial charge in [-0.1, -0.05) is 0 Å². The monoisotopic (exact) mass is 282 g/mol. The van der Waals surface area contributed by atoms with E-state index in [1.807, 2.05) is 6.92 Å².